The Kier molecular flexibility index (Phi) is 3.39. The molecule has 4 N–H and O–H groups in total. The average Bonchev–Trinajstić information content (AvgIpc) is 3.25. The van der Waals surface area contributed by atoms with Crippen LogP contribution >= 0.6 is 15.9 Å². The average molecular weight is 312 g/mol. The second kappa shape index (κ2) is 5.01. The van der Waals surface area contributed by atoms with Crippen molar-refractivity contribution in [3.63, 3.8) is 0 Å². The minimum Gasteiger partial charge on any atom is -0.369 e. The number of hydrazine groups is 1. The summed E-state index contributed by atoms with van der Waals surface area (Å²) in [6, 6.07) is 0. The number of nitrogens with one attached hydrogen (secondary N) is 2. The lowest BCUT2D eigenvalue weighted by Gasteiger charge is -2.17. The molecule has 1 aromatic heterocycles. The SMILES string of the molecule is NNc1ncnc(NCC(C2CC2)C2CC2)c1Br. The molecular formula is C12H18BrN5. The van der Waals surface area contributed by atoms with E-state index in [4.69, 9.17) is 5.84 Å². The largest absolute Gasteiger partial charge is 0.369 e. The minimum atomic E-state index is 0.613. The van der Waals surface area contributed by atoms with Gasteiger partial charge in [0.15, 0.2) is 5.82 Å². The van der Waals surface area contributed by atoms with Crippen LogP contribution in [0.5, 0.6) is 0 Å². The Hall–Kier alpha value is -0.880. The van der Waals surface area contributed by atoms with Crippen LogP contribution in [0.2, 0.25) is 0 Å². The highest BCUT2D eigenvalue weighted by Gasteiger charge is 2.41. The first kappa shape index (κ1) is 12.2. The predicted octanol–water partition coefficient (Wildman–Crippen LogP) is 2.37. The van der Waals surface area contributed by atoms with E-state index in [9.17, 15) is 0 Å². The van der Waals surface area contributed by atoms with Crippen molar-refractivity contribution in [2.75, 3.05) is 17.3 Å². The van der Waals surface area contributed by atoms with Gasteiger partial charge in [-0.15, -0.1) is 0 Å². The van der Waals surface area contributed by atoms with E-state index >= 15 is 0 Å². The molecule has 2 aliphatic carbocycles. The monoisotopic (exact) mass is 311 g/mol. The summed E-state index contributed by atoms with van der Waals surface area (Å²) in [5.74, 6) is 9.54. The van der Waals surface area contributed by atoms with E-state index in [-0.39, 0.29) is 0 Å². The Labute approximate surface area is 115 Å². The lowest BCUT2D eigenvalue weighted by atomic mass is 9.98. The first-order valence-electron chi connectivity index (χ1n) is 6.50. The summed E-state index contributed by atoms with van der Waals surface area (Å²) in [6.07, 6.45) is 7.14. The van der Waals surface area contributed by atoms with Crippen LogP contribution in [0, 0.1) is 17.8 Å². The highest BCUT2D eigenvalue weighted by molar-refractivity contribution is 9.10. The van der Waals surface area contributed by atoms with Crippen LogP contribution in [-0.2, 0) is 0 Å². The van der Waals surface area contributed by atoms with Crippen molar-refractivity contribution in [3.05, 3.63) is 10.8 Å². The Bertz CT molecular complexity index is 418. The molecule has 0 bridgehead atoms. The Morgan fingerprint density at radius 1 is 1.22 bits per heavy atom. The number of hydrogen-bond acceptors (Lipinski definition) is 5. The van der Waals surface area contributed by atoms with E-state index in [0.717, 1.165) is 34.6 Å². The molecule has 18 heavy (non-hydrogen) atoms. The van der Waals surface area contributed by atoms with Gasteiger partial charge in [0.05, 0.1) is 0 Å². The zero-order chi connectivity index (χ0) is 12.5. The van der Waals surface area contributed by atoms with Gasteiger partial charge in [0, 0.05) is 6.54 Å². The summed E-state index contributed by atoms with van der Waals surface area (Å²) in [6.45, 7) is 1.01. The van der Waals surface area contributed by atoms with Crippen LogP contribution in [0.3, 0.4) is 0 Å². The molecule has 2 aliphatic rings. The Morgan fingerprint density at radius 3 is 2.39 bits per heavy atom. The highest BCUT2D eigenvalue weighted by Crippen LogP contribution is 2.49. The van der Waals surface area contributed by atoms with Gasteiger partial charge in [-0.25, -0.2) is 15.8 Å². The molecule has 0 amide bonds. The predicted molar refractivity (Wildman–Crippen MR) is 75.0 cm³/mol. The molecule has 0 atom stereocenters. The molecule has 1 heterocycles. The standard InChI is InChI=1S/C12H18BrN5/c13-10-11(16-6-17-12(10)18-14)15-5-9(7-1-2-7)8-3-4-8/h6-9H,1-5,14H2,(H2,15,16,17,18). The first-order valence-corrected chi connectivity index (χ1v) is 7.30. The molecule has 2 saturated carbocycles. The maximum absolute atomic E-state index is 5.39. The van der Waals surface area contributed by atoms with Crippen molar-refractivity contribution in [2.24, 2.45) is 23.6 Å². The lowest BCUT2D eigenvalue weighted by molar-refractivity contribution is 0.427. The summed E-state index contributed by atoms with van der Waals surface area (Å²) in [4.78, 5) is 8.30. The summed E-state index contributed by atoms with van der Waals surface area (Å²) in [5, 5.41) is 3.44. The fourth-order valence-corrected chi connectivity index (χ4v) is 3.03. The maximum Gasteiger partial charge on any atom is 0.159 e. The number of nitrogens with two attached hydrogens (primary N) is 1. The van der Waals surface area contributed by atoms with Gasteiger partial charge in [-0.2, -0.15) is 0 Å². The minimum absolute atomic E-state index is 0.613. The third kappa shape index (κ3) is 2.59. The van der Waals surface area contributed by atoms with Crippen LogP contribution in [-0.4, -0.2) is 16.5 Å². The molecular weight excluding hydrogens is 294 g/mol. The number of rotatable bonds is 6. The van der Waals surface area contributed by atoms with Crippen LogP contribution in [0.15, 0.2) is 10.8 Å². The van der Waals surface area contributed by atoms with Gasteiger partial charge >= 0.3 is 0 Å². The number of aromatic nitrogens is 2. The van der Waals surface area contributed by atoms with Gasteiger partial charge in [-0.1, -0.05) is 0 Å². The van der Waals surface area contributed by atoms with Crippen LogP contribution < -0.4 is 16.6 Å². The molecule has 98 valence electrons. The van der Waals surface area contributed by atoms with E-state index < -0.39 is 0 Å². The third-order valence-electron chi connectivity index (χ3n) is 3.89. The van der Waals surface area contributed by atoms with Crippen molar-refractivity contribution in [2.45, 2.75) is 25.7 Å². The van der Waals surface area contributed by atoms with E-state index in [1.165, 1.54) is 32.0 Å². The highest BCUT2D eigenvalue weighted by atomic mass is 79.9. The van der Waals surface area contributed by atoms with Crippen molar-refractivity contribution in [1.82, 2.24) is 9.97 Å². The number of nitrogens with zero attached hydrogens (tertiary/aromatic N) is 2. The van der Waals surface area contributed by atoms with Crippen molar-refractivity contribution >= 4 is 27.6 Å². The molecule has 2 fully saturated rings. The normalized spacial score (nSPS) is 19.1. The van der Waals surface area contributed by atoms with E-state index in [1.807, 2.05) is 0 Å². The number of anilines is 2. The third-order valence-corrected chi connectivity index (χ3v) is 4.64. The second-order valence-electron chi connectivity index (χ2n) is 5.25. The smallest absolute Gasteiger partial charge is 0.159 e. The summed E-state index contributed by atoms with van der Waals surface area (Å²) in [7, 11) is 0. The van der Waals surface area contributed by atoms with E-state index in [0.29, 0.717) is 5.82 Å². The maximum atomic E-state index is 5.39. The molecule has 1 aromatic rings. The van der Waals surface area contributed by atoms with Gasteiger partial charge < -0.3 is 10.7 Å². The summed E-state index contributed by atoms with van der Waals surface area (Å²) < 4.78 is 0.804. The van der Waals surface area contributed by atoms with Crippen molar-refractivity contribution in [1.29, 1.82) is 0 Å². The van der Waals surface area contributed by atoms with Gasteiger partial charge in [0.1, 0.15) is 16.6 Å². The number of hydrogen-bond donors (Lipinski definition) is 3. The fraction of sp³-hybridized carbons (Fsp3) is 0.667. The molecule has 0 unspecified atom stereocenters. The first-order chi connectivity index (χ1) is 8.79. The summed E-state index contributed by atoms with van der Waals surface area (Å²) >= 11 is 3.47. The van der Waals surface area contributed by atoms with Crippen molar-refractivity contribution < 1.29 is 0 Å². The van der Waals surface area contributed by atoms with Gasteiger partial charge in [-0.05, 0) is 59.4 Å². The number of halogens is 1. The second-order valence-corrected chi connectivity index (χ2v) is 6.04. The molecule has 0 radical (unpaired) electrons. The topological polar surface area (TPSA) is 75.9 Å². The molecule has 6 heteroatoms. The molecule has 3 rings (SSSR count). The Morgan fingerprint density at radius 2 is 1.83 bits per heavy atom. The zero-order valence-corrected chi connectivity index (χ0v) is 11.8. The molecule has 0 aromatic carbocycles. The fourth-order valence-electron chi connectivity index (χ4n) is 2.58. The van der Waals surface area contributed by atoms with E-state index in [2.05, 4.69) is 36.6 Å². The van der Waals surface area contributed by atoms with Gasteiger partial charge in [-0.3, -0.25) is 0 Å². The molecule has 5 nitrogen and oxygen atoms in total. The Balaban J connectivity index is 1.65. The molecule has 0 aliphatic heterocycles. The molecule has 0 saturated heterocycles. The zero-order valence-electron chi connectivity index (χ0n) is 10.2. The van der Waals surface area contributed by atoms with Gasteiger partial charge in [0.2, 0.25) is 0 Å². The summed E-state index contributed by atoms with van der Waals surface area (Å²) in [5.41, 5.74) is 2.56. The number of nitrogen functional groups attached to an aromatic ring is 1. The van der Waals surface area contributed by atoms with E-state index in [1.54, 1.807) is 0 Å². The van der Waals surface area contributed by atoms with Crippen molar-refractivity contribution in [3.8, 4) is 0 Å². The lowest BCUT2D eigenvalue weighted by Crippen LogP contribution is -2.19. The quantitative estimate of drug-likeness (QED) is 0.555. The van der Waals surface area contributed by atoms with Crippen LogP contribution in [0.25, 0.3) is 0 Å². The van der Waals surface area contributed by atoms with Gasteiger partial charge in [0.25, 0.3) is 0 Å². The van der Waals surface area contributed by atoms with Crippen LogP contribution in [0.4, 0.5) is 11.6 Å². The van der Waals surface area contributed by atoms with Crippen LogP contribution in [0.1, 0.15) is 25.7 Å². The molecule has 0 spiro atoms.